The van der Waals surface area contributed by atoms with Gasteiger partial charge in [-0.25, -0.2) is 4.68 Å². The van der Waals surface area contributed by atoms with Crippen LogP contribution in [-0.2, 0) is 12.4 Å². The third kappa shape index (κ3) is 3.26. The van der Waals surface area contributed by atoms with Gasteiger partial charge in [0.25, 0.3) is 5.56 Å². The van der Waals surface area contributed by atoms with Crippen LogP contribution in [0.3, 0.4) is 0 Å². The van der Waals surface area contributed by atoms with Gasteiger partial charge < -0.3 is 0 Å². The minimum Gasteiger partial charge on any atom is -0.267 e. The third-order valence-corrected chi connectivity index (χ3v) is 4.54. The van der Waals surface area contributed by atoms with Crippen LogP contribution < -0.4 is 5.56 Å². The van der Waals surface area contributed by atoms with Crippen LogP contribution in [0, 0.1) is 0 Å². The zero-order chi connectivity index (χ0) is 17.1. The predicted molar refractivity (Wildman–Crippen MR) is 93.0 cm³/mol. The van der Waals surface area contributed by atoms with Gasteiger partial charge in [-0.15, -0.1) is 10.2 Å². The average Bonchev–Trinajstić information content (AvgIpc) is 3.09. The van der Waals surface area contributed by atoms with Crippen LogP contribution in [0.2, 0.25) is 0 Å². The third-order valence-electron chi connectivity index (χ3n) is 3.62. The highest BCUT2D eigenvalue weighted by Crippen LogP contribution is 2.16. The van der Waals surface area contributed by atoms with Crippen molar-refractivity contribution in [3.63, 3.8) is 0 Å². The first-order chi connectivity index (χ1) is 12.3. The van der Waals surface area contributed by atoms with Crippen molar-refractivity contribution in [2.24, 2.45) is 0 Å². The van der Waals surface area contributed by atoms with Crippen LogP contribution in [0.5, 0.6) is 0 Å². The van der Waals surface area contributed by atoms with Gasteiger partial charge >= 0.3 is 0 Å². The molecule has 0 saturated carbocycles. The molecule has 0 saturated heterocycles. The summed E-state index contributed by atoms with van der Waals surface area (Å²) >= 11 is 1.34. The van der Waals surface area contributed by atoms with Crippen LogP contribution >= 0.6 is 11.8 Å². The van der Waals surface area contributed by atoms with E-state index in [9.17, 15) is 4.79 Å². The Morgan fingerprint density at radius 3 is 2.56 bits per heavy atom. The van der Waals surface area contributed by atoms with Crippen molar-refractivity contribution in [2.45, 2.75) is 17.6 Å². The molecule has 0 N–H and O–H groups in total. The number of hydrogen-bond acceptors (Lipinski definition) is 7. The lowest BCUT2D eigenvalue weighted by atomic mass is 10.2. The van der Waals surface area contributed by atoms with E-state index in [2.05, 4.69) is 25.8 Å². The molecule has 2 heterocycles. The fourth-order valence-electron chi connectivity index (χ4n) is 2.38. The number of fused-ring (bicyclic) bond motifs is 1. The molecule has 0 bridgehead atoms. The lowest BCUT2D eigenvalue weighted by molar-refractivity contribution is 0.597. The standard InChI is InChI=1S/C16H13N7OS/c24-15-13-8-4-5-9-14(13)17-20-23(15)11-25-16-18-19-21-22(16)10-12-6-2-1-3-7-12/h1-9H,10-11H2. The Labute approximate surface area is 146 Å². The summed E-state index contributed by atoms with van der Waals surface area (Å²) in [5.74, 6) is 0.284. The summed E-state index contributed by atoms with van der Waals surface area (Å²) in [7, 11) is 0. The lowest BCUT2D eigenvalue weighted by Crippen LogP contribution is -2.23. The quantitative estimate of drug-likeness (QED) is 0.504. The van der Waals surface area contributed by atoms with Gasteiger partial charge in [-0.05, 0) is 28.1 Å². The maximum atomic E-state index is 12.5. The second-order valence-corrected chi connectivity index (χ2v) is 6.20. The molecular weight excluding hydrogens is 338 g/mol. The number of rotatable bonds is 5. The topological polar surface area (TPSA) is 91.4 Å². The summed E-state index contributed by atoms with van der Waals surface area (Å²) in [6.07, 6.45) is 0. The molecule has 0 aliphatic heterocycles. The zero-order valence-electron chi connectivity index (χ0n) is 13.1. The molecule has 2 aromatic heterocycles. The molecule has 2 aromatic carbocycles. The first kappa shape index (κ1) is 15.5. The molecule has 4 aromatic rings. The summed E-state index contributed by atoms with van der Waals surface area (Å²) < 4.78 is 3.01. The molecule has 0 fully saturated rings. The van der Waals surface area contributed by atoms with Crippen molar-refractivity contribution in [1.82, 2.24) is 35.2 Å². The summed E-state index contributed by atoms with van der Waals surface area (Å²) in [5, 5.41) is 21.0. The predicted octanol–water partition coefficient (Wildman–Crippen LogP) is 1.58. The van der Waals surface area contributed by atoms with E-state index in [0.717, 1.165) is 5.56 Å². The summed E-state index contributed by atoms with van der Waals surface area (Å²) in [6, 6.07) is 17.1. The van der Waals surface area contributed by atoms with Crippen LogP contribution in [0.4, 0.5) is 0 Å². The molecule has 9 heteroatoms. The van der Waals surface area contributed by atoms with Gasteiger partial charge in [-0.3, -0.25) is 4.79 Å². The van der Waals surface area contributed by atoms with Crippen molar-refractivity contribution in [3.05, 3.63) is 70.5 Å². The summed E-state index contributed by atoms with van der Waals surface area (Å²) in [6.45, 7) is 0.564. The van der Waals surface area contributed by atoms with E-state index in [1.807, 2.05) is 42.5 Å². The Balaban J connectivity index is 1.54. The number of hydrogen-bond donors (Lipinski definition) is 0. The van der Waals surface area contributed by atoms with Crippen LogP contribution in [0.1, 0.15) is 5.56 Å². The molecule has 0 aliphatic rings. The van der Waals surface area contributed by atoms with E-state index in [4.69, 9.17) is 0 Å². The van der Waals surface area contributed by atoms with Gasteiger partial charge in [-0.2, -0.15) is 4.68 Å². The highest BCUT2D eigenvalue weighted by Gasteiger charge is 2.10. The Morgan fingerprint density at radius 1 is 0.880 bits per heavy atom. The molecule has 0 unspecified atom stereocenters. The highest BCUT2D eigenvalue weighted by molar-refractivity contribution is 7.98. The van der Waals surface area contributed by atoms with Gasteiger partial charge in [0.15, 0.2) is 0 Å². The molecule has 0 spiro atoms. The fraction of sp³-hybridized carbons (Fsp3) is 0.125. The minimum absolute atomic E-state index is 0.180. The Morgan fingerprint density at radius 2 is 1.68 bits per heavy atom. The average molecular weight is 351 g/mol. The first-order valence-corrected chi connectivity index (χ1v) is 8.55. The number of benzene rings is 2. The normalized spacial score (nSPS) is 11.0. The monoisotopic (exact) mass is 351 g/mol. The second kappa shape index (κ2) is 6.81. The van der Waals surface area contributed by atoms with E-state index >= 15 is 0 Å². The van der Waals surface area contributed by atoms with Crippen molar-refractivity contribution in [2.75, 3.05) is 0 Å². The molecule has 0 aliphatic carbocycles. The molecule has 4 rings (SSSR count). The number of nitrogens with zero attached hydrogens (tertiary/aromatic N) is 7. The van der Waals surface area contributed by atoms with Gasteiger partial charge in [0.05, 0.1) is 17.8 Å². The van der Waals surface area contributed by atoms with E-state index in [-0.39, 0.29) is 11.4 Å². The maximum absolute atomic E-state index is 12.5. The molecule has 124 valence electrons. The number of aromatic nitrogens is 7. The van der Waals surface area contributed by atoms with Crippen molar-refractivity contribution >= 4 is 22.7 Å². The van der Waals surface area contributed by atoms with Crippen molar-refractivity contribution in [1.29, 1.82) is 0 Å². The smallest absolute Gasteiger partial charge is 0.267 e. The molecule has 25 heavy (non-hydrogen) atoms. The lowest BCUT2D eigenvalue weighted by Gasteiger charge is -2.06. The van der Waals surface area contributed by atoms with Crippen molar-refractivity contribution in [3.8, 4) is 0 Å². The van der Waals surface area contributed by atoms with Gasteiger partial charge in [0.2, 0.25) is 5.16 Å². The molecule has 0 atom stereocenters. The molecule has 8 nitrogen and oxygen atoms in total. The second-order valence-electron chi connectivity index (χ2n) is 5.29. The van der Waals surface area contributed by atoms with Gasteiger partial charge in [0.1, 0.15) is 5.52 Å². The number of tetrazole rings is 1. The molecular formula is C16H13N7OS. The molecule has 0 amide bonds. The largest absolute Gasteiger partial charge is 0.278 e. The number of thioether (sulfide) groups is 1. The summed E-state index contributed by atoms with van der Waals surface area (Å²) in [5.41, 5.74) is 1.50. The highest BCUT2D eigenvalue weighted by atomic mass is 32.2. The van der Waals surface area contributed by atoms with E-state index < -0.39 is 0 Å². The van der Waals surface area contributed by atoms with Gasteiger partial charge in [-0.1, -0.05) is 59.4 Å². The Kier molecular flexibility index (Phi) is 4.21. The minimum atomic E-state index is -0.180. The van der Waals surface area contributed by atoms with E-state index in [1.165, 1.54) is 16.4 Å². The Hall–Kier alpha value is -3.07. The van der Waals surface area contributed by atoms with E-state index in [0.29, 0.717) is 22.6 Å². The Bertz CT molecular complexity index is 1060. The van der Waals surface area contributed by atoms with Gasteiger partial charge in [0, 0.05) is 0 Å². The molecule has 0 radical (unpaired) electrons. The van der Waals surface area contributed by atoms with Crippen LogP contribution in [0.15, 0.2) is 64.5 Å². The van der Waals surface area contributed by atoms with Crippen molar-refractivity contribution < 1.29 is 0 Å². The zero-order valence-corrected chi connectivity index (χ0v) is 13.9. The van der Waals surface area contributed by atoms with E-state index in [1.54, 1.807) is 16.8 Å². The SMILES string of the molecule is O=c1c2ccccc2nnn1CSc1nnnn1Cc1ccccc1. The maximum Gasteiger partial charge on any atom is 0.278 e. The first-order valence-electron chi connectivity index (χ1n) is 7.57. The fourth-order valence-corrected chi connectivity index (χ4v) is 3.13. The summed E-state index contributed by atoms with van der Waals surface area (Å²) in [4.78, 5) is 12.5. The van der Waals surface area contributed by atoms with Crippen LogP contribution in [-0.4, -0.2) is 35.2 Å². The van der Waals surface area contributed by atoms with Crippen LogP contribution in [0.25, 0.3) is 10.9 Å².